The average Bonchev–Trinajstić information content (AvgIpc) is 2.66. The van der Waals surface area contributed by atoms with E-state index in [9.17, 15) is 4.79 Å². The van der Waals surface area contributed by atoms with Crippen LogP contribution in [0.5, 0.6) is 0 Å². The van der Waals surface area contributed by atoms with Crippen molar-refractivity contribution in [3.8, 4) is 12.3 Å². The zero-order chi connectivity index (χ0) is 13.7. The van der Waals surface area contributed by atoms with Gasteiger partial charge in [0.15, 0.2) is 0 Å². The van der Waals surface area contributed by atoms with Crippen LogP contribution in [0.25, 0.3) is 0 Å². The zero-order valence-electron chi connectivity index (χ0n) is 11.1. The monoisotopic (exact) mass is 257 g/mol. The van der Waals surface area contributed by atoms with Gasteiger partial charge in [-0.25, -0.2) is 0 Å². The van der Waals surface area contributed by atoms with Gasteiger partial charge in [-0.3, -0.25) is 4.79 Å². The Bertz CT molecular complexity index is 492. The van der Waals surface area contributed by atoms with Crippen LogP contribution < -0.4 is 15.5 Å². The van der Waals surface area contributed by atoms with Crippen LogP contribution in [0.15, 0.2) is 24.3 Å². The van der Waals surface area contributed by atoms with Crippen LogP contribution in [0.1, 0.15) is 12.5 Å². The maximum absolute atomic E-state index is 12.1. The fourth-order valence-corrected chi connectivity index (χ4v) is 2.31. The molecule has 4 nitrogen and oxygen atoms in total. The molecule has 2 N–H and O–H groups in total. The number of anilines is 1. The van der Waals surface area contributed by atoms with Gasteiger partial charge in [0.05, 0.1) is 6.54 Å². The largest absolute Gasteiger partial charge is 0.358 e. The molecule has 0 fully saturated rings. The van der Waals surface area contributed by atoms with Crippen molar-refractivity contribution in [3.05, 3.63) is 29.8 Å². The first-order valence-corrected chi connectivity index (χ1v) is 6.50. The summed E-state index contributed by atoms with van der Waals surface area (Å²) in [5, 5.41) is 6.11. The number of terminal acetylenes is 1. The van der Waals surface area contributed by atoms with Crippen molar-refractivity contribution in [2.45, 2.75) is 19.5 Å². The lowest BCUT2D eigenvalue weighted by atomic mass is 10.1. The fraction of sp³-hybridized carbons (Fsp3) is 0.400. The number of nitrogens with one attached hydrogen (secondary N) is 2. The second-order valence-electron chi connectivity index (χ2n) is 4.60. The van der Waals surface area contributed by atoms with Crippen molar-refractivity contribution in [1.29, 1.82) is 0 Å². The highest BCUT2D eigenvalue weighted by atomic mass is 16.2. The average molecular weight is 257 g/mol. The molecular weight excluding hydrogens is 238 g/mol. The highest BCUT2D eigenvalue weighted by molar-refractivity contribution is 5.85. The van der Waals surface area contributed by atoms with Gasteiger partial charge in [0, 0.05) is 25.3 Å². The number of benzene rings is 1. The third-order valence-electron chi connectivity index (χ3n) is 3.36. The Kier molecular flexibility index (Phi) is 4.43. The lowest BCUT2D eigenvalue weighted by molar-refractivity contribution is -0.121. The molecule has 2 rings (SSSR count). The van der Waals surface area contributed by atoms with E-state index in [0.717, 1.165) is 25.3 Å². The SMILES string of the molecule is C#CCNC(=O)C(C)N1CCNCc2ccccc21. The molecule has 0 saturated heterocycles. The van der Waals surface area contributed by atoms with Crippen LogP contribution in [0.2, 0.25) is 0 Å². The molecule has 0 spiro atoms. The summed E-state index contributed by atoms with van der Waals surface area (Å²) in [6, 6.07) is 7.95. The van der Waals surface area contributed by atoms with Gasteiger partial charge in [-0.2, -0.15) is 0 Å². The second kappa shape index (κ2) is 6.26. The molecule has 1 aliphatic heterocycles. The fourth-order valence-electron chi connectivity index (χ4n) is 2.31. The van der Waals surface area contributed by atoms with E-state index >= 15 is 0 Å². The summed E-state index contributed by atoms with van der Waals surface area (Å²) < 4.78 is 0. The first-order chi connectivity index (χ1) is 9.24. The molecule has 100 valence electrons. The summed E-state index contributed by atoms with van der Waals surface area (Å²) in [6.07, 6.45) is 5.17. The topological polar surface area (TPSA) is 44.4 Å². The first-order valence-electron chi connectivity index (χ1n) is 6.50. The van der Waals surface area contributed by atoms with Crippen molar-refractivity contribution >= 4 is 11.6 Å². The lowest BCUT2D eigenvalue weighted by Gasteiger charge is -2.30. The molecule has 1 aliphatic rings. The number of hydrogen-bond acceptors (Lipinski definition) is 3. The van der Waals surface area contributed by atoms with Crippen LogP contribution in [-0.4, -0.2) is 31.6 Å². The number of hydrogen-bond donors (Lipinski definition) is 2. The molecular formula is C15H19N3O. The second-order valence-corrected chi connectivity index (χ2v) is 4.60. The Hall–Kier alpha value is -1.99. The van der Waals surface area contributed by atoms with Crippen molar-refractivity contribution < 1.29 is 4.79 Å². The molecule has 1 unspecified atom stereocenters. The number of carbonyl (C=O) groups excluding carboxylic acids is 1. The van der Waals surface area contributed by atoms with Crippen LogP contribution >= 0.6 is 0 Å². The molecule has 0 saturated carbocycles. The molecule has 0 radical (unpaired) electrons. The molecule has 1 aromatic carbocycles. The van der Waals surface area contributed by atoms with Gasteiger partial charge in [0.25, 0.3) is 0 Å². The standard InChI is InChI=1S/C15H19N3O/c1-3-8-17-15(19)12(2)18-10-9-16-11-13-6-4-5-7-14(13)18/h1,4-7,12,16H,8-11H2,2H3,(H,17,19). The molecule has 4 heteroatoms. The minimum Gasteiger partial charge on any atom is -0.358 e. The molecule has 0 aromatic heterocycles. The lowest BCUT2D eigenvalue weighted by Crippen LogP contribution is -2.47. The van der Waals surface area contributed by atoms with Crippen LogP contribution in [0, 0.1) is 12.3 Å². The summed E-state index contributed by atoms with van der Waals surface area (Å²) in [6.45, 7) is 4.69. The Morgan fingerprint density at radius 1 is 1.58 bits per heavy atom. The predicted octanol–water partition coefficient (Wildman–Crippen LogP) is 0.734. The van der Waals surface area contributed by atoms with Gasteiger partial charge in [0.2, 0.25) is 5.91 Å². The Morgan fingerprint density at radius 3 is 3.16 bits per heavy atom. The first kappa shape index (κ1) is 13.4. The van der Waals surface area contributed by atoms with E-state index in [2.05, 4.69) is 33.6 Å². The van der Waals surface area contributed by atoms with Gasteiger partial charge < -0.3 is 15.5 Å². The van der Waals surface area contributed by atoms with Gasteiger partial charge in [-0.1, -0.05) is 24.1 Å². The van der Waals surface area contributed by atoms with E-state index in [1.165, 1.54) is 5.56 Å². The number of para-hydroxylation sites is 1. The van der Waals surface area contributed by atoms with Gasteiger partial charge >= 0.3 is 0 Å². The number of carbonyl (C=O) groups is 1. The number of fused-ring (bicyclic) bond motifs is 1. The Balaban J connectivity index is 2.19. The Labute approximate surface area is 114 Å². The Morgan fingerprint density at radius 2 is 2.37 bits per heavy atom. The minimum absolute atomic E-state index is 0.0327. The van der Waals surface area contributed by atoms with E-state index in [4.69, 9.17) is 6.42 Å². The summed E-state index contributed by atoms with van der Waals surface area (Å²) in [5.74, 6) is 2.39. The highest BCUT2D eigenvalue weighted by Gasteiger charge is 2.24. The molecule has 1 aromatic rings. The minimum atomic E-state index is -0.227. The number of rotatable bonds is 3. The van der Waals surface area contributed by atoms with E-state index in [1.54, 1.807) is 0 Å². The van der Waals surface area contributed by atoms with E-state index in [-0.39, 0.29) is 18.5 Å². The van der Waals surface area contributed by atoms with Crippen molar-refractivity contribution in [2.75, 3.05) is 24.5 Å². The van der Waals surface area contributed by atoms with Crippen LogP contribution in [0.4, 0.5) is 5.69 Å². The molecule has 0 bridgehead atoms. The predicted molar refractivity (Wildman–Crippen MR) is 76.8 cm³/mol. The third kappa shape index (κ3) is 3.07. The van der Waals surface area contributed by atoms with Gasteiger partial charge in [-0.05, 0) is 18.6 Å². The highest BCUT2D eigenvalue weighted by Crippen LogP contribution is 2.23. The summed E-state index contributed by atoms with van der Waals surface area (Å²) in [5.41, 5.74) is 2.34. The maximum Gasteiger partial charge on any atom is 0.243 e. The van der Waals surface area contributed by atoms with Crippen LogP contribution in [0.3, 0.4) is 0 Å². The smallest absolute Gasteiger partial charge is 0.243 e. The normalized spacial score (nSPS) is 15.9. The van der Waals surface area contributed by atoms with Gasteiger partial charge in [-0.15, -0.1) is 6.42 Å². The van der Waals surface area contributed by atoms with E-state index < -0.39 is 0 Å². The van der Waals surface area contributed by atoms with Gasteiger partial charge in [0.1, 0.15) is 6.04 Å². The molecule has 1 atom stereocenters. The van der Waals surface area contributed by atoms with E-state index in [0.29, 0.717) is 0 Å². The van der Waals surface area contributed by atoms with Crippen molar-refractivity contribution in [3.63, 3.8) is 0 Å². The van der Waals surface area contributed by atoms with Crippen molar-refractivity contribution in [1.82, 2.24) is 10.6 Å². The summed E-state index contributed by atoms with van der Waals surface area (Å²) >= 11 is 0. The number of amides is 1. The summed E-state index contributed by atoms with van der Waals surface area (Å²) in [7, 11) is 0. The quantitative estimate of drug-likeness (QED) is 0.785. The third-order valence-corrected chi connectivity index (χ3v) is 3.36. The molecule has 19 heavy (non-hydrogen) atoms. The maximum atomic E-state index is 12.1. The summed E-state index contributed by atoms with van der Waals surface area (Å²) in [4.78, 5) is 14.2. The van der Waals surface area contributed by atoms with E-state index in [1.807, 2.05) is 19.1 Å². The molecule has 1 heterocycles. The molecule has 0 aliphatic carbocycles. The molecule has 1 amide bonds. The zero-order valence-corrected chi connectivity index (χ0v) is 11.1. The van der Waals surface area contributed by atoms with Crippen LogP contribution in [-0.2, 0) is 11.3 Å². The number of nitrogens with zero attached hydrogens (tertiary/aromatic N) is 1. The van der Waals surface area contributed by atoms with Crippen molar-refractivity contribution in [2.24, 2.45) is 0 Å².